The highest BCUT2D eigenvalue weighted by Gasteiger charge is 2.27. The van der Waals surface area contributed by atoms with Gasteiger partial charge in [0, 0.05) is 36.6 Å². The van der Waals surface area contributed by atoms with Crippen molar-refractivity contribution in [3.05, 3.63) is 30.5 Å². The Bertz CT molecular complexity index is 786. The molecule has 0 saturated carbocycles. The number of hydrogen-bond donors (Lipinski definition) is 2. The van der Waals surface area contributed by atoms with E-state index in [0.29, 0.717) is 41.1 Å². The summed E-state index contributed by atoms with van der Waals surface area (Å²) < 4.78 is 27.6. The standard InChI is InChI=1S/C15H20N4O3S/c1-22-18-15-13-4-2-5-14(12(13)6-8-17-15)23(20,21)19-10-3-7-16-9-11-19/h2,4-6,8,16H,3,7,9-11H2,1H3,(H,17,18). The van der Waals surface area contributed by atoms with Crippen LogP contribution in [0.4, 0.5) is 5.82 Å². The number of rotatable bonds is 4. The molecule has 0 bridgehead atoms. The minimum atomic E-state index is -3.55. The van der Waals surface area contributed by atoms with Gasteiger partial charge in [-0.3, -0.25) is 4.84 Å². The van der Waals surface area contributed by atoms with E-state index in [4.69, 9.17) is 4.84 Å². The second-order valence-electron chi connectivity index (χ2n) is 5.32. The van der Waals surface area contributed by atoms with Gasteiger partial charge >= 0.3 is 0 Å². The van der Waals surface area contributed by atoms with Crippen molar-refractivity contribution in [1.82, 2.24) is 14.6 Å². The first-order valence-corrected chi connectivity index (χ1v) is 8.96. The first-order valence-electron chi connectivity index (χ1n) is 7.52. The third kappa shape index (κ3) is 3.16. The Morgan fingerprint density at radius 1 is 1.22 bits per heavy atom. The van der Waals surface area contributed by atoms with Crippen LogP contribution in [-0.4, -0.2) is 51.0 Å². The molecule has 0 unspecified atom stereocenters. The summed E-state index contributed by atoms with van der Waals surface area (Å²) in [5.41, 5.74) is 2.69. The van der Waals surface area contributed by atoms with Gasteiger partial charge in [-0.2, -0.15) is 4.31 Å². The first kappa shape index (κ1) is 16.1. The minimum Gasteiger partial charge on any atom is -0.315 e. The van der Waals surface area contributed by atoms with E-state index in [1.54, 1.807) is 28.7 Å². The van der Waals surface area contributed by atoms with E-state index in [-0.39, 0.29) is 0 Å². The molecule has 1 aromatic carbocycles. The second kappa shape index (κ2) is 6.79. The Hall–Kier alpha value is -1.74. The van der Waals surface area contributed by atoms with Crippen LogP contribution in [0.3, 0.4) is 0 Å². The molecule has 23 heavy (non-hydrogen) atoms. The van der Waals surface area contributed by atoms with Crippen molar-refractivity contribution >= 4 is 26.6 Å². The molecule has 1 saturated heterocycles. The molecule has 0 spiro atoms. The van der Waals surface area contributed by atoms with Crippen LogP contribution in [-0.2, 0) is 14.9 Å². The molecule has 2 aromatic rings. The number of hydrogen-bond acceptors (Lipinski definition) is 6. The summed E-state index contributed by atoms with van der Waals surface area (Å²) in [5, 5.41) is 4.57. The molecule has 1 aliphatic heterocycles. The Kier molecular flexibility index (Phi) is 4.76. The molecule has 2 N–H and O–H groups in total. The predicted molar refractivity (Wildman–Crippen MR) is 88.6 cm³/mol. The molecule has 0 amide bonds. The lowest BCUT2D eigenvalue weighted by atomic mass is 10.1. The predicted octanol–water partition coefficient (Wildman–Crippen LogP) is 1.19. The molecule has 8 heteroatoms. The molecule has 2 heterocycles. The van der Waals surface area contributed by atoms with Crippen molar-refractivity contribution in [2.45, 2.75) is 11.3 Å². The third-order valence-electron chi connectivity index (χ3n) is 3.88. The number of aromatic nitrogens is 1. The summed E-state index contributed by atoms with van der Waals surface area (Å²) in [4.78, 5) is 9.41. The van der Waals surface area contributed by atoms with Gasteiger partial charge in [-0.1, -0.05) is 12.1 Å². The van der Waals surface area contributed by atoms with E-state index >= 15 is 0 Å². The summed E-state index contributed by atoms with van der Waals surface area (Å²) in [6.07, 6.45) is 2.38. The zero-order chi connectivity index (χ0) is 16.3. The van der Waals surface area contributed by atoms with E-state index in [2.05, 4.69) is 15.8 Å². The molecule has 0 radical (unpaired) electrons. The fraction of sp³-hybridized carbons (Fsp3) is 0.400. The van der Waals surface area contributed by atoms with Gasteiger partial charge in [-0.25, -0.2) is 18.9 Å². The van der Waals surface area contributed by atoms with Crippen molar-refractivity contribution in [3.8, 4) is 0 Å². The smallest absolute Gasteiger partial charge is 0.243 e. The Balaban J connectivity index is 2.10. The fourth-order valence-electron chi connectivity index (χ4n) is 2.78. The average molecular weight is 336 g/mol. The lowest BCUT2D eigenvalue weighted by Crippen LogP contribution is -2.34. The maximum absolute atomic E-state index is 13.0. The van der Waals surface area contributed by atoms with E-state index in [0.717, 1.165) is 13.0 Å². The molecule has 124 valence electrons. The summed E-state index contributed by atoms with van der Waals surface area (Å²) in [6, 6.07) is 6.92. The summed E-state index contributed by atoms with van der Waals surface area (Å²) in [6.45, 7) is 2.52. The zero-order valence-electron chi connectivity index (χ0n) is 12.9. The van der Waals surface area contributed by atoms with E-state index in [1.807, 2.05) is 6.07 Å². The Labute approximate surface area is 135 Å². The van der Waals surface area contributed by atoms with Gasteiger partial charge in [0.05, 0.1) is 12.0 Å². The number of pyridine rings is 1. The SMILES string of the molecule is CONc1nccc2c(S(=O)(=O)N3CCCNCC3)cccc12. The maximum atomic E-state index is 13.0. The second-order valence-corrected chi connectivity index (χ2v) is 7.23. The van der Waals surface area contributed by atoms with Gasteiger partial charge < -0.3 is 5.32 Å². The van der Waals surface area contributed by atoms with Crippen LogP contribution in [0.15, 0.2) is 35.4 Å². The highest BCUT2D eigenvalue weighted by molar-refractivity contribution is 7.89. The average Bonchev–Trinajstić information content (AvgIpc) is 2.85. The van der Waals surface area contributed by atoms with E-state index in [9.17, 15) is 8.42 Å². The lowest BCUT2D eigenvalue weighted by molar-refractivity contribution is 0.270. The normalized spacial score (nSPS) is 17.1. The molecule has 1 aliphatic rings. The molecule has 3 rings (SSSR count). The van der Waals surface area contributed by atoms with Crippen LogP contribution < -0.4 is 10.8 Å². The van der Waals surface area contributed by atoms with Gasteiger partial charge in [0.2, 0.25) is 10.0 Å². The lowest BCUT2D eigenvalue weighted by Gasteiger charge is -2.21. The summed E-state index contributed by atoms with van der Waals surface area (Å²) in [7, 11) is -2.06. The molecular formula is C15H20N4O3S. The molecule has 0 atom stereocenters. The van der Waals surface area contributed by atoms with Crippen LogP contribution in [0, 0.1) is 0 Å². The molecule has 0 aliphatic carbocycles. The van der Waals surface area contributed by atoms with Crippen LogP contribution >= 0.6 is 0 Å². The van der Waals surface area contributed by atoms with Gasteiger partial charge in [0.25, 0.3) is 0 Å². The highest BCUT2D eigenvalue weighted by atomic mass is 32.2. The number of sulfonamides is 1. The third-order valence-corrected chi connectivity index (χ3v) is 5.84. The highest BCUT2D eigenvalue weighted by Crippen LogP contribution is 2.29. The van der Waals surface area contributed by atoms with Crippen molar-refractivity contribution < 1.29 is 13.3 Å². The number of anilines is 1. The van der Waals surface area contributed by atoms with Crippen LogP contribution in [0.5, 0.6) is 0 Å². The van der Waals surface area contributed by atoms with Gasteiger partial charge in [-0.15, -0.1) is 0 Å². The maximum Gasteiger partial charge on any atom is 0.243 e. The van der Waals surface area contributed by atoms with Crippen molar-refractivity contribution in [1.29, 1.82) is 0 Å². The summed E-state index contributed by atoms with van der Waals surface area (Å²) in [5.74, 6) is 0.500. The van der Waals surface area contributed by atoms with Gasteiger partial charge in [0.1, 0.15) is 0 Å². The molecule has 7 nitrogen and oxygen atoms in total. The monoisotopic (exact) mass is 336 g/mol. The van der Waals surface area contributed by atoms with Crippen LogP contribution in [0.2, 0.25) is 0 Å². The summed E-state index contributed by atoms with van der Waals surface area (Å²) >= 11 is 0. The van der Waals surface area contributed by atoms with Crippen LogP contribution in [0.25, 0.3) is 10.8 Å². The van der Waals surface area contributed by atoms with Crippen molar-refractivity contribution in [2.24, 2.45) is 0 Å². The van der Waals surface area contributed by atoms with Gasteiger partial charge in [-0.05, 0) is 25.1 Å². The number of benzene rings is 1. The fourth-order valence-corrected chi connectivity index (χ4v) is 4.47. The number of fused-ring (bicyclic) bond motifs is 1. The molecular weight excluding hydrogens is 316 g/mol. The minimum absolute atomic E-state index is 0.304. The first-order chi connectivity index (χ1) is 11.1. The van der Waals surface area contributed by atoms with Crippen molar-refractivity contribution in [2.75, 3.05) is 38.8 Å². The van der Waals surface area contributed by atoms with Crippen molar-refractivity contribution in [3.63, 3.8) is 0 Å². The Morgan fingerprint density at radius 3 is 2.91 bits per heavy atom. The topological polar surface area (TPSA) is 83.6 Å². The molecule has 1 fully saturated rings. The number of nitrogens with one attached hydrogen (secondary N) is 2. The Morgan fingerprint density at radius 2 is 2.09 bits per heavy atom. The quantitative estimate of drug-likeness (QED) is 0.816. The molecule has 1 aromatic heterocycles. The number of nitrogens with zero attached hydrogens (tertiary/aromatic N) is 2. The zero-order valence-corrected chi connectivity index (χ0v) is 13.8. The van der Waals surface area contributed by atoms with E-state index in [1.165, 1.54) is 7.11 Å². The van der Waals surface area contributed by atoms with Crippen LogP contribution in [0.1, 0.15) is 6.42 Å². The largest absolute Gasteiger partial charge is 0.315 e. The van der Waals surface area contributed by atoms with E-state index < -0.39 is 10.0 Å². The van der Waals surface area contributed by atoms with Gasteiger partial charge in [0.15, 0.2) is 5.82 Å².